The summed E-state index contributed by atoms with van der Waals surface area (Å²) in [7, 11) is 1.45. The van der Waals surface area contributed by atoms with Crippen molar-refractivity contribution >= 4 is 18.1 Å². The Bertz CT molecular complexity index is 1090. The Balaban J connectivity index is 1.50. The highest BCUT2D eigenvalue weighted by Gasteiger charge is 2.15. The van der Waals surface area contributed by atoms with Gasteiger partial charge in [-0.05, 0) is 65.9 Å². The van der Waals surface area contributed by atoms with E-state index in [1.54, 1.807) is 24.3 Å². The summed E-state index contributed by atoms with van der Waals surface area (Å²) < 4.78 is 21.1. The number of carbonyl (C=O) groups is 2. The van der Waals surface area contributed by atoms with E-state index in [1.807, 2.05) is 24.3 Å². The number of amides is 1. The molecular formula is C25H26N2O6. The molecule has 8 heteroatoms. The molecule has 33 heavy (non-hydrogen) atoms. The number of esters is 1. The van der Waals surface area contributed by atoms with Crippen molar-refractivity contribution in [2.75, 3.05) is 13.7 Å². The van der Waals surface area contributed by atoms with Crippen LogP contribution in [0.3, 0.4) is 0 Å². The summed E-state index contributed by atoms with van der Waals surface area (Å²) in [4.78, 5) is 24.0. The van der Waals surface area contributed by atoms with Gasteiger partial charge >= 0.3 is 5.97 Å². The third-order valence-electron chi connectivity index (χ3n) is 4.95. The molecule has 1 aromatic heterocycles. The zero-order valence-corrected chi connectivity index (χ0v) is 18.7. The van der Waals surface area contributed by atoms with Crippen LogP contribution in [0.5, 0.6) is 17.2 Å². The van der Waals surface area contributed by atoms with Crippen molar-refractivity contribution in [3.63, 3.8) is 0 Å². The number of methoxy groups -OCH3 is 1. The smallest absolute Gasteiger partial charge is 0.379 e. The van der Waals surface area contributed by atoms with Crippen molar-refractivity contribution in [3.05, 3.63) is 77.7 Å². The number of ether oxygens (including phenoxy) is 3. The maximum Gasteiger partial charge on any atom is 0.379 e. The average Bonchev–Trinajstić information content (AvgIpc) is 3.38. The molecule has 0 saturated carbocycles. The minimum atomic E-state index is -0.638. The summed E-state index contributed by atoms with van der Waals surface area (Å²) >= 11 is 0. The number of nitrogens with one attached hydrogen (secondary N) is 1. The van der Waals surface area contributed by atoms with Crippen LogP contribution >= 0.6 is 0 Å². The maximum atomic E-state index is 12.0. The fraction of sp³-hybridized carbons (Fsp3) is 0.240. The highest BCUT2D eigenvalue weighted by atomic mass is 16.6. The Kier molecular flexibility index (Phi) is 8.24. The van der Waals surface area contributed by atoms with Crippen LogP contribution in [-0.2, 0) is 4.79 Å². The highest BCUT2D eigenvalue weighted by molar-refractivity contribution is 5.89. The molecule has 0 aliphatic rings. The average molecular weight is 450 g/mol. The van der Waals surface area contributed by atoms with E-state index in [9.17, 15) is 9.59 Å². The highest BCUT2D eigenvalue weighted by Crippen LogP contribution is 2.28. The summed E-state index contributed by atoms with van der Waals surface area (Å²) in [6.07, 6.45) is 3.89. The predicted molar refractivity (Wildman–Crippen MR) is 123 cm³/mol. The van der Waals surface area contributed by atoms with Gasteiger partial charge in [-0.1, -0.05) is 26.0 Å². The summed E-state index contributed by atoms with van der Waals surface area (Å²) in [6, 6.07) is 15.7. The minimum Gasteiger partial charge on any atom is -0.493 e. The first-order chi connectivity index (χ1) is 16.0. The lowest BCUT2D eigenvalue weighted by Gasteiger charge is -2.10. The number of furan rings is 1. The van der Waals surface area contributed by atoms with Crippen molar-refractivity contribution in [1.82, 2.24) is 5.43 Å². The number of hydrogen-bond acceptors (Lipinski definition) is 7. The fourth-order valence-corrected chi connectivity index (χ4v) is 2.88. The Hall–Kier alpha value is -4.07. The molecule has 0 aliphatic carbocycles. The summed E-state index contributed by atoms with van der Waals surface area (Å²) in [5.41, 5.74) is 4.27. The SMILES string of the molecule is CCC(C)c1ccc(OCC(=O)NN=Cc2ccc(OC(=O)c3ccco3)c(OC)c2)cc1. The maximum absolute atomic E-state index is 12.0. The van der Waals surface area contributed by atoms with Crippen LogP contribution < -0.4 is 19.6 Å². The standard InChI is InChI=1S/C25H26N2O6/c1-4-17(2)19-8-10-20(11-9-19)32-16-24(28)27-26-15-18-7-12-21(23(14-18)30-3)33-25(29)22-6-5-13-31-22/h5-15,17H,4,16H2,1-3H3,(H,27,28). The number of carbonyl (C=O) groups excluding carboxylic acids is 2. The van der Waals surface area contributed by atoms with Crippen molar-refractivity contribution in [1.29, 1.82) is 0 Å². The lowest BCUT2D eigenvalue weighted by atomic mass is 9.99. The fourth-order valence-electron chi connectivity index (χ4n) is 2.88. The van der Waals surface area contributed by atoms with Crippen molar-refractivity contribution in [2.45, 2.75) is 26.2 Å². The van der Waals surface area contributed by atoms with E-state index in [1.165, 1.54) is 31.2 Å². The Morgan fingerprint density at radius 2 is 1.91 bits per heavy atom. The van der Waals surface area contributed by atoms with Gasteiger partial charge in [0.05, 0.1) is 19.6 Å². The Morgan fingerprint density at radius 3 is 2.58 bits per heavy atom. The van der Waals surface area contributed by atoms with Crippen LogP contribution in [0, 0.1) is 0 Å². The lowest BCUT2D eigenvalue weighted by Crippen LogP contribution is -2.24. The molecule has 1 unspecified atom stereocenters. The van der Waals surface area contributed by atoms with Gasteiger partial charge in [-0.3, -0.25) is 4.79 Å². The second-order valence-electron chi connectivity index (χ2n) is 7.24. The molecule has 0 saturated heterocycles. The minimum absolute atomic E-state index is 0.0825. The van der Waals surface area contributed by atoms with Crippen LogP contribution in [0.4, 0.5) is 0 Å². The lowest BCUT2D eigenvalue weighted by molar-refractivity contribution is -0.123. The first-order valence-electron chi connectivity index (χ1n) is 10.5. The van der Waals surface area contributed by atoms with Gasteiger partial charge in [0.25, 0.3) is 5.91 Å². The molecular weight excluding hydrogens is 424 g/mol. The monoisotopic (exact) mass is 450 g/mol. The molecule has 0 spiro atoms. The third kappa shape index (κ3) is 6.70. The number of hydrazone groups is 1. The molecule has 1 heterocycles. The molecule has 0 bridgehead atoms. The molecule has 0 aliphatic heterocycles. The largest absolute Gasteiger partial charge is 0.493 e. The van der Waals surface area contributed by atoms with Crippen molar-refractivity contribution < 1.29 is 28.2 Å². The summed E-state index contributed by atoms with van der Waals surface area (Å²) in [5.74, 6) is 0.703. The quantitative estimate of drug-likeness (QED) is 0.211. The molecule has 3 rings (SSSR count). The molecule has 1 atom stereocenters. The predicted octanol–water partition coefficient (Wildman–Crippen LogP) is 4.55. The second kappa shape index (κ2) is 11.5. The Morgan fingerprint density at radius 1 is 1.12 bits per heavy atom. The molecule has 1 N–H and O–H groups in total. The molecule has 8 nitrogen and oxygen atoms in total. The van der Waals surface area contributed by atoms with Crippen molar-refractivity contribution in [2.24, 2.45) is 5.10 Å². The second-order valence-corrected chi connectivity index (χ2v) is 7.24. The number of rotatable bonds is 10. The van der Waals surface area contributed by atoms with Crippen LogP contribution in [0.2, 0.25) is 0 Å². The van der Waals surface area contributed by atoms with E-state index in [-0.39, 0.29) is 18.1 Å². The van der Waals surface area contributed by atoms with E-state index < -0.39 is 11.9 Å². The number of hydrogen-bond donors (Lipinski definition) is 1. The number of nitrogens with zero attached hydrogens (tertiary/aromatic N) is 1. The molecule has 0 radical (unpaired) electrons. The summed E-state index contributed by atoms with van der Waals surface area (Å²) in [5, 5.41) is 3.93. The first kappa shape index (κ1) is 23.6. The topological polar surface area (TPSA) is 99.4 Å². The Labute approximate surface area is 192 Å². The van der Waals surface area contributed by atoms with Gasteiger partial charge < -0.3 is 18.6 Å². The van der Waals surface area contributed by atoms with Gasteiger partial charge in [0.15, 0.2) is 18.1 Å². The zero-order chi connectivity index (χ0) is 23.6. The number of benzene rings is 2. The molecule has 0 fully saturated rings. The van der Waals surface area contributed by atoms with E-state index in [4.69, 9.17) is 18.6 Å². The van der Waals surface area contributed by atoms with Crippen LogP contribution in [0.1, 0.15) is 47.9 Å². The van der Waals surface area contributed by atoms with Crippen LogP contribution in [0.25, 0.3) is 0 Å². The van der Waals surface area contributed by atoms with E-state index in [0.29, 0.717) is 23.0 Å². The molecule has 3 aromatic rings. The molecule has 172 valence electrons. The zero-order valence-electron chi connectivity index (χ0n) is 18.7. The molecule has 1 amide bonds. The normalized spacial score (nSPS) is 11.7. The van der Waals surface area contributed by atoms with Gasteiger partial charge in [-0.15, -0.1) is 0 Å². The van der Waals surface area contributed by atoms with Gasteiger partial charge in [0, 0.05) is 0 Å². The van der Waals surface area contributed by atoms with Gasteiger partial charge in [-0.25, -0.2) is 10.2 Å². The van der Waals surface area contributed by atoms with Gasteiger partial charge in [0.2, 0.25) is 5.76 Å². The summed E-state index contributed by atoms with van der Waals surface area (Å²) in [6.45, 7) is 4.14. The van der Waals surface area contributed by atoms with E-state index in [0.717, 1.165) is 6.42 Å². The first-order valence-corrected chi connectivity index (χ1v) is 10.5. The van der Waals surface area contributed by atoms with E-state index in [2.05, 4.69) is 24.4 Å². The third-order valence-corrected chi connectivity index (χ3v) is 4.95. The van der Waals surface area contributed by atoms with E-state index >= 15 is 0 Å². The molecule has 2 aromatic carbocycles. The van der Waals surface area contributed by atoms with Crippen LogP contribution in [-0.4, -0.2) is 31.8 Å². The van der Waals surface area contributed by atoms with Crippen molar-refractivity contribution in [3.8, 4) is 17.2 Å². The van der Waals surface area contributed by atoms with Gasteiger partial charge in [-0.2, -0.15) is 5.10 Å². The van der Waals surface area contributed by atoms with Gasteiger partial charge in [0.1, 0.15) is 5.75 Å². The van der Waals surface area contributed by atoms with Crippen LogP contribution in [0.15, 0.2) is 70.4 Å².